The maximum Gasteiger partial charge on any atom is -0.000804 e. The van der Waals surface area contributed by atoms with Crippen molar-refractivity contribution in [3.63, 3.8) is 0 Å². The van der Waals surface area contributed by atoms with Crippen LogP contribution in [-0.2, 0) is 0 Å². The first-order chi connectivity index (χ1) is 4.00. The van der Waals surface area contributed by atoms with Crippen LogP contribution in [0.1, 0.15) is 12.8 Å². The van der Waals surface area contributed by atoms with Crippen LogP contribution in [0, 0.1) is 0 Å². The van der Waals surface area contributed by atoms with Crippen molar-refractivity contribution in [1.29, 1.82) is 0 Å². The largest absolute Gasteiger partial charge is 0.316 e. The molecule has 1 heterocycles. The van der Waals surface area contributed by atoms with E-state index in [0.717, 1.165) is 25.9 Å². The van der Waals surface area contributed by atoms with Gasteiger partial charge in [-0.1, -0.05) is 0 Å². The van der Waals surface area contributed by atoms with Crippen LogP contribution in [0.4, 0.5) is 0 Å². The first-order valence-corrected chi connectivity index (χ1v) is 3.10. The molecular formula is C7H11N. The Labute approximate surface area is 50.1 Å². The van der Waals surface area contributed by atoms with Gasteiger partial charge in [-0.25, -0.2) is 0 Å². The van der Waals surface area contributed by atoms with E-state index in [1.165, 1.54) is 0 Å². The molecule has 44 valence electrons. The third-order valence-corrected chi connectivity index (χ3v) is 1.17. The van der Waals surface area contributed by atoms with Crippen molar-refractivity contribution in [3.05, 3.63) is 17.9 Å². The highest BCUT2D eigenvalue weighted by atomic mass is 14.8. The molecule has 0 unspecified atom stereocenters. The molecule has 0 aromatic heterocycles. The highest BCUT2D eigenvalue weighted by molar-refractivity contribution is 4.87. The van der Waals surface area contributed by atoms with Gasteiger partial charge in [-0.15, -0.1) is 5.73 Å². The Hall–Kier alpha value is -0.520. The molecule has 0 radical (unpaired) electrons. The van der Waals surface area contributed by atoms with Gasteiger partial charge in [0.2, 0.25) is 0 Å². The minimum absolute atomic E-state index is 1.11. The van der Waals surface area contributed by atoms with E-state index in [4.69, 9.17) is 0 Å². The van der Waals surface area contributed by atoms with E-state index in [-0.39, 0.29) is 0 Å². The molecule has 0 saturated carbocycles. The second-order valence-corrected chi connectivity index (χ2v) is 1.90. The molecule has 0 aromatic carbocycles. The molecule has 0 aromatic rings. The molecule has 0 atom stereocenters. The maximum absolute atomic E-state index is 3.28. The molecule has 1 aliphatic rings. The van der Waals surface area contributed by atoms with Crippen molar-refractivity contribution in [1.82, 2.24) is 5.32 Å². The fraction of sp³-hybridized carbons (Fsp3) is 0.571. The molecule has 0 aliphatic carbocycles. The predicted molar refractivity (Wildman–Crippen MR) is 34.8 cm³/mol. The fourth-order valence-electron chi connectivity index (χ4n) is 0.723. The van der Waals surface area contributed by atoms with E-state index in [1.807, 2.05) is 0 Å². The number of nitrogens with one attached hydrogen (secondary N) is 1. The summed E-state index contributed by atoms with van der Waals surface area (Å²) in [6, 6.07) is 0. The Kier molecular flexibility index (Phi) is 2.44. The molecule has 1 aliphatic heterocycles. The average molecular weight is 109 g/mol. The zero-order valence-corrected chi connectivity index (χ0v) is 4.98. The topological polar surface area (TPSA) is 12.0 Å². The van der Waals surface area contributed by atoms with Gasteiger partial charge < -0.3 is 5.32 Å². The molecule has 0 bridgehead atoms. The highest BCUT2D eigenvalue weighted by Crippen LogP contribution is 1.85. The van der Waals surface area contributed by atoms with Crippen LogP contribution in [0.15, 0.2) is 17.9 Å². The van der Waals surface area contributed by atoms with Crippen LogP contribution in [-0.4, -0.2) is 13.1 Å². The van der Waals surface area contributed by atoms with Crippen molar-refractivity contribution in [2.24, 2.45) is 0 Å². The quantitative estimate of drug-likeness (QED) is 0.459. The van der Waals surface area contributed by atoms with Gasteiger partial charge in [0, 0.05) is 0 Å². The van der Waals surface area contributed by atoms with Crippen molar-refractivity contribution < 1.29 is 0 Å². The average Bonchev–Trinajstić information content (AvgIpc) is 1.62. The summed E-state index contributed by atoms with van der Waals surface area (Å²) in [5, 5.41) is 3.28. The predicted octanol–water partition coefficient (Wildman–Crippen LogP) is 1.08. The third kappa shape index (κ3) is 1.97. The van der Waals surface area contributed by atoms with Gasteiger partial charge in [-0.2, -0.15) is 0 Å². The van der Waals surface area contributed by atoms with E-state index in [1.54, 1.807) is 0 Å². The minimum Gasteiger partial charge on any atom is -0.316 e. The van der Waals surface area contributed by atoms with E-state index >= 15 is 0 Å². The Morgan fingerprint density at radius 3 is 2.38 bits per heavy atom. The zero-order chi connectivity index (χ0) is 5.66. The number of hydrogen-bond acceptors (Lipinski definition) is 1. The van der Waals surface area contributed by atoms with Gasteiger partial charge in [-0.3, -0.25) is 0 Å². The number of rotatable bonds is 0. The molecule has 1 rings (SSSR count). The van der Waals surface area contributed by atoms with Crippen LogP contribution in [0.3, 0.4) is 0 Å². The van der Waals surface area contributed by atoms with Crippen molar-refractivity contribution in [2.75, 3.05) is 13.1 Å². The van der Waals surface area contributed by atoms with Crippen molar-refractivity contribution in [3.8, 4) is 0 Å². The molecule has 1 N–H and O–H groups in total. The minimum atomic E-state index is 1.11. The standard InChI is InChI=1S/C7H11N/c1-2-4-6-8-7-5-3-1/h2-3,8H,4-7H2. The highest BCUT2D eigenvalue weighted by Gasteiger charge is 1.84. The second kappa shape index (κ2) is 3.48. The second-order valence-electron chi connectivity index (χ2n) is 1.90. The van der Waals surface area contributed by atoms with Crippen molar-refractivity contribution >= 4 is 0 Å². The Morgan fingerprint density at radius 1 is 1.12 bits per heavy atom. The van der Waals surface area contributed by atoms with Crippen LogP contribution in [0.2, 0.25) is 0 Å². The smallest absolute Gasteiger partial charge is 0.000804 e. The van der Waals surface area contributed by atoms with Gasteiger partial charge in [0.05, 0.1) is 0 Å². The zero-order valence-electron chi connectivity index (χ0n) is 4.98. The lowest BCUT2D eigenvalue weighted by molar-refractivity contribution is 0.693. The normalized spacial score (nSPS) is 20.0. The summed E-state index contributed by atoms with van der Waals surface area (Å²) >= 11 is 0. The Balaban J connectivity index is 2.36. The first kappa shape index (κ1) is 5.61. The van der Waals surface area contributed by atoms with Crippen molar-refractivity contribution in [2.45, 2.75) is 12.8 Å². The summed E-state index contributed by atoms with van der Waals surface area (Å²) in [5.74, 6) is 0. The monoisotopic (exact) mass is 109 g/mol. The molecular weight excluding hydrogens is 98.1 g/mol. The summed E-state index contributed by atoms with van der Waals surface area (Å²) in [7, 11) is 0. The molecule has 1 nitrogen and oxygen atoms in total. The summed E-state index contributed by atoms with van der Waals surface area (Å²) < 4.78 is 0. The Bertz CT molecular complexity index is 99.6. The number of hydrogen-bond donors (Lipinski definition) is 1. The summed E-state index contributed by atoms with van der Waals surface area (Å²) in [6.45, 7) is 2.22. The van der Waals surface area contributed by atoms with E-state index < -0.39 is 0 Å². The van der Waals surface area contributed by atoms with Crippen LogP contribution >= 0.6 is 0 Å². The summed E-state index contributed by atoms with van der Waals surface area (Å²) in [5.41, 5.74) is 3.10. The molecule has 8 heavy (non-hydrogen) atoms. The molecule has 0 saturated heterocycles. The lowest BCUT2D eigenvalue weighted by Crippen LogP contribution is -2.15. The third-order valence-electron chi connectivity index (χ3n) is 1.17. The van der Waals surface area contributed by atoms with Gasteiger partial charge in [-0.05, 0) is 38.1 Å². The van der Waals surface area contributed by atoms with Gasteiger partial charge in [0.1, 0.15) is 0 Å². The molecule has 0 amide bonds. The van der Waals surface area contributed by atoms with E-state index in [9.17, 15) is 0 Å². The van der Waals surface area contributed by atoms with Crippen LogP contribution < -0.4 is 5.32 Å². The molecule has 0 spiro atoms. The molecule has 1 heteroatoms. The van der Waals surface area contributed by atoms with Gasteiger partial charge in [0.15, 0.2) is 0 Å². The lowest BCUT2D eigenvalue weighted by atomic mass is 10.3. The fourth-order valence-corrected chi connectivity index (χ4v) is 0.723. The maximum atomic E-state index is 3.28. The Morgan fingerprint density at radius 2 is 1.75 bits per heavy atom. The van der Waals surface area contributed by atoms with E-state index in [2.05, 4.69) is 23.2 Å². The summed E-state index contributed by atoms with van der Waals surface area (Å²) in [4.78, 5) is 0. The van der Waals surface area contributed by atoms with Crippen LogP contribution in [0.5, 0.6) is 0 Å². The first-order valence-electron chi connectivity index (χ1n) is 3.10. The summed E-state index contributed by atoms with van der Waals surface area (Å²) in [6.07, 6.45) is 6.39. The lowest BCUT2D eigenvalue weighted by Gasteiger charge is -1.99. The van der Waals surface area contributed by atoms with Gasteiger partial charge in [0.25, 0.3) is 0 Å². The SMILES string of the molecule is C1=CCCNCCC=1. The van der Waals surface area contributed by atoms with Gasteiger partial charge >= 0.3 is 0 Å². The van der Waals surface area contributed by atoms with E-state index in [0.29, 0.717) is 0 Å². The molecule has 0 fully saturated rings. The van der Waals surface area contributed by atoms with Crippen LogP contribution in [0.25, 0.3) is 0 Å².